The second-order valence-electron chi connectivity index (χ2n) is 3.55. The van der Waals surface area contributed by atoms with Gasteiger partial charge in [-0.15, -0.1) is 0 Å². The van der Waals surface area contributed by atoms with Crippen LogP contribution in [0.2, 0.25) is 5.02 Å². The fourth-order valence-electron chi connectivity index (χ4n) is 1.40. The molecule has 0 spiro atoms. The summed E-state index contributed by atoms with van der Waals surface area (Å²) in [6.07, 6.45) is -2.25. The van der Waals surface area contributed by atoms with Crippen LogP contribution in [-0.4, -0.2) is 6.54 Å². The molecule has 0 saturated heterocycles. The van der Waals surface area contributed by atoms with Gasteiger partial charge in [-0.2, -0.15) is 13.2 Å². The highest BCUT2D eigenvalue weighted by Crippen LogP contribution is 2.32. The third-order valence-corrected chi connectivity index (χ3v) is 2.64. The largest absolute Gasteiger partial charge is 0.416 e. The summed E-state index contributed by atoms with van der Waals surface area (Å²) >= 11 is 5.83. The number of nitrogens with two attached hydrogens (primary N) is 1. The van der Waals surface area contributed by atoms with Gasteiger partial charge < -0.3 is 5.73 Å². The molecule has 16 heavy (non-hydrogen) atoms. The molecule has 0 amide bonds. The average molecular weight is 252 g/mol. The molecule has 0 atom stereocenters. The molecule has 0 fully saturated rings. The van der Waals surface area contributed by atoms with Crippen molar-refractivity contribution in [3.05, 3.63) is 34.3 Å². The maximum atomic E-state index is 12.4. The van der Waals surface area contributed by atoms with Gasteiger partial charge in [-0.1, -0.05) is 11.6 Å². The van der Waals surface area contributed by atoms with Crippen LogP contribution >= 0.6 is 11.6 Å². The van der Waals surface area contributed by atoms with Crippen LogP contribution in [0.25, 0.3) is 0 Å². The number of alkyl halides is 3. The zero-order valence-electron chi connectivity index (χ0n) is 8.65. The molecule has 90 valence electrons. The lowest BCUT2D eigenvalue weighted by atomic mass is 10.0. The fourth-order valence-corrected chi connectivity index (χ4v) is 1.61. The molecule has 0 saturated carbocycles. The molecule has 0 unspecified atom stereocenters. The quantitative estimate of drug-likeness (QED) is 0.813. The average Bonchev–Trinajstić information content (AvgIpc) is 2.19. The summed E-state index contributed by atoms with van der Waals surface area (Å²) in [5.41, 5.74) is 5.20. The van der Waals surface area contributed by atoms with E-state index in [2.05, 4.69) is 0 Å². The highest BCUT2D eigenvalue weighted by atomic mass is 35.5. The molecule has 1 aromatic carbocycles. The van der Waals surface area contributed by atoms with Gasteiger partial charge in [0, 0.05) is 5.02 Å². The Labute approximate surface area is 97.4 Å². The predicted octanol–water partition coefficient (Wildman–Crippen LogP) is 3.64. The molecule has 1 aromatic rings. The summed E-state index contributed by atoms with van der Waals surface area (Å²) in [7, 11) is 0. The lowest BCUT2D eigenvalue weighted by Crippen LogP contribution is -2.06. The monoisotopic (exact) mass is 251 g/mol. The van der Waals surface area contributed by atoms with Crippen LogP contribution in [-0.2, 0) is 12.6 Å². The first-order valence-corrected chi connectivity index (χ1v) is 5.38. The highest BCUT2D eigenvalue weighted by molar-refractivity contribution is 6.31. The summed E-state index contributed by atoms with van der Waals surface area (Å²) in [6, 6.07) is 3.40. The van der Waals surface area contributed by atoms with Crippen molar-refractivity contribution in [3.8, 4) is 0 Å². The Morgan fingerprint density at radius 1 is 1.19 bits per heavy atom. The van der Waals surface area contributed by atoms with Gasteiger partial charge in [0.1, 0.15) is 0 Å². The van der Waals surface area contributed by atoms with Crippen LogP contribution in [0.4, 0.5) is 13.2 Å². The van der Waals surface area contributed by atoms with Gasteiger partial charge in [-0.25, -0.2) is 0 Å². The minimum Gasteiger partial charge on any atom is -0.330 e. The Morgan fingerprint density at radius 3 is 2.44 bits per heavy atom. The molecule has 1 rings (SSSR count). The molecule has 0 radical (unpaired) electrons. The van der Waals surface area contributed by atoms with E-state index in [1.165, 1.54) is 6.07 Å². The van der Waals surface area contributed by atoms with E-state index >= 15 is 0 Å². The van der Waals surface area contributed by atoms with Crippen molar-refractivity contribution in [1.82, 2.24) is 0 Å². The Morgan fingerprint density at radius 2 is 1.88 bits per heavy atom. The van der Waals surface area contributed by atoms with E-state index in [0.717, 1.165) is 25.0 Å². The number of unbranched alkanes of at least 4 members (excludes halogenated alkanes) is 1. The Bertz CT molecular complexity index is 350. The summed E-state index contributed by atoms with van der Waals surface area (Å²) in [6.45, 7) is 0.538. The molecule has 0 heterocycles. The lowest BCUT2D eigenvalue weighted by molar-refractivity contribution is -0.137. The standard InChI is InChI=1S/C11H13ClF3N/c12-10-5-4-9(11(13,14)15)7-8(10)3-1-2-6-16/h4-5,7H,1-3,6,16H2. The molecule has 0 aliphatic rings. The lowest BCUT2D eigenvalue weighted by Gasteiger charge is -2.10. The smallest absolute Gasteiger partial charge is 0.330 e. The SMILES string of the molecule is NCCCCc1cc(C(F)(F)F)ccc1Cl. The number of benzene rings is 1. The third kappa shape index (κ3) is 3.68. The van der Waals surface area contributed by atoms with Gasteiger partial charge in [0.25, 0.3) is 0 Å². The van der Waals surface area contributed by atoms with E-state index in [1.54, 1.807) is 0 Å². The van der Waals surface area contributed by atoms with Crippen LogP contribution in [0, 0.1) is 0 Å². The second kappa shape index (κ2) is 5.55. The first-order valence-electron chi connectivity index (χ1n) is 5.01. The number of aryl methyl sites for hydroxylation is 1. The zero-order chi connectivity index (χ0) is 12.2. The van der Waals surface area contributed by atoms with Crippen molar-refractivity contribution in [1.29, 1.82) is 0 Å². The number of rotatable bonds is 4. The van der Waals surface area contributed by atoms with Crippen molar-refractivity contribution in [3.63, 3.8) is 0 Å². The van der Waals surface area contributed by atoms with E-state index in [4.69, 9.17) is 17.3 Å². The molecule has 0 aliphatic heterocycles. The van der Waals surface area contributed by atoms with Crippen LogP contribution in [0.15, 0.2) is 18.2 Å². The number of hydrogen-bond acceptors (Lipinski definition) is 1. The number of halogens is 4. The first kappa shape index (κ1) is 13.3. The summed E-state index contributed by atoms with van der Waals surface area (Å²) in [5, 5.41) is 0.380. The first-order chi connectivity index (χ1) is 7.45. The van der Waals surface area contributed by atoms with Gasteiger partial charge in [0.05, 0.1) is 5.56 Å². The number of hydrogen-bond donors (Lipinski definition) is 1. The van der Waals surface area contributed by atoms with Crippen LogP contribution in [0.5, 0.6) is 0 Å². The van der Waals surface area contributed by atoms with Gasteiger partial charge in [-0.3, -0.25) is 0 Å². The molecule has 0 aromatic heterocycles. The van der Waals surface area contributed by atoms with E-state index in [0.29, 0.717) is 23.6 Å². The zero-order valence-corrected chi connectivity index (χ0v) is 9.41. The second-order valence-corrected chi connectivity index (χ2v) is 3.96. The Hall–Kier alpha value is -0.740. The molecule has 2 N–H and O–H groups in total. The van der Waals surface area contributed by atoms with Gasteiger partial charge in [0.15, 0.2) is 0 Å². The molecule has 0 bridgehead atoms. The van der Waals surface area contributed by atoms with Crippen LogP contribution < -0.4 is 5.73 Å². The normalized spacial score (nSPS) is 11.8. The third-order valence-electron chi connectivity index (χ3n) is 2.27. The topological polar surface area (TPSA) is 26.0 Å². The summed E-state index contributed by atoms with van der Waals surface area (Å²) in [5.74, 6) is 0. The Kier molecular flexibility index (Phi) is 4.62. The van der Waals surface area contributed by atoms with Crippen molar-refractivity contribution in [2.75, 3.05) is 6.54 Å². The van der Waals surface area contributed by atoms with Crippen molar-refractivity contribution in [2.24, 2.45) is 5.73 Å². The minimum absolute atomic E-state index is 0.380. The van der Waals surface area contributed by atoms with Crippen LogP contribution in [0.1, 0.15) is 24.0 Å². The van der Waals surface area contributed by atoms with Crippen molar-refractivity contribution < 1.29 is 13.2 Å². The van der Waals surface area contributed by atoms with E-state index < -0.39 is 11.7 Å². The van der Waals surface area contributed by atoms with Crippen LogP contribution in [0.3, 0.4) is 0 Å². The maximum Gasteiger partial charge on any atom is 0.416 e. The van der Waals surface area contributed by atoms with E-state index in [1.807, 2.05) is 0 Å². The van der Waals surface area contributed by atoms with Gasteiger partial charge in [0.2, 0.25) is 0 Å². The summed E-state index contributed by atoms with van der Waals surface area (Å²) in [4.78, 5) is 0. The van der Waals surface area contributed by atoms with Crippen molar-refractivity contribution in [2.45, 2.75) is 25.4 Å². The predicted molar refractivity (Wildman–Crippen MR) is 58.4 cm³/mol. The fraction of sp³-hybridized carbons (Fsp3) is 0.455. The Balaban J connectivity index is 2.83. The molecule has 1 nitrogen and oxygen atoms in total. The van der Waals surface area contributed by atoms with Gasteiger partial charge >= 0.3 is 6.18 Å². The van der Waals surface area contributed by atoms with E-state index in [9.17, 15) is 13.2 Å². The van der Waals surface area contributed by atoms with Gasteiger partial charge in [-0.05, 0) is 49.6 Å². The molecule has 0 aliphatic carbocycles. The molecular formula is C11H13ClF3N. The summed E-state index contributed by atoms with van der Waals surface area (Å²) < 4.78 is 37.3. The van der Waals surface area contributed by atoms with E-state index in [-0.39, 0.29) is 0 Å². The highest BCUT2D eigenvalue weighted by Gasteiger charge is 2.30. The molecule has 5 heteroatoms. The minimum atomic E-state index is -4.31. The maximum absolute atomic E-state index is 12.4. The van der Waals surface area contributed by atoms with Crippen molar-refractivity contribution >= 4 is 11.6 Å². The molecular weight excluding hydrogens is 239 g/mol.